The number of carboxylic acid groups (broad SMARTS) is 1. The number of hydrogen-bond acceptors (Lipinski definition) is 5. The molecule has 0 saturated carbocycles. The van der Waals surface area contributed by atoms with E-state index < -0.39 is 17.5 Å². The summed E-state index contributed by atoms with van der Waals surface area (Å²) in [6, 6.07) is 4.83. The SMILES string of the molecule is O=C(O)c1ccnc(OC(=O)c2cc[nH]c(=O)c2)c1. The predicted octanol–water partition coefficient (Wildman–Crippen LogP) is 0.687. The minimum atomic E-state index is -1.16. The maximum atomic E-state index is 11.7. The lowest BCUT2D eigenvalue weighted by molar-refractivity contribution is 0.0685. The van der Waals surface area contributed by atoms with Crippen molar-refractivity contribution in [3.8, 4) is 5.88 Å². The molecule has 0 saturated heterocycles. The molecule has 0 unspecified atom stereocenters. The summed E-state index contributed by atoms with van der Waals surface area (Å²) in [6.07, 6.45) is 2.52. The molecule has 0 amide bonds. The topological polar surface area (TPSA) is 109 Å². The zero-order valence-corrected chi connectivity index (χ0v) is 9.49. The molecule has 0 aliphatic carbocycles. The molecule has 2 rings (SSSR count). The quantitative estimate of drug-likeness (QED) is 0.785. The average molecular weight is 260 g/mol. The van der Waals surface area contributed by atoms with Gasteiger partial charge in [-0.2, -0.15) is 0 Å². The highest BCUT2D eigenvalue weighted by atomic mass is 16.5. The summed E-state index contributed by atoms with van der Waals surface area (Å²) in [7, 11) is 0. The van der Waals surface area contributed by atoms with Crippen LogP contribution in [0.4, 0.5) is 0 Å². The Labute approximate surface area is 106 Å². The van der Waals surface area contributed by atoms with E-state index in [4.69, 9.17) is 9.84 Å². The molecule has 7 nitrogen and oxygen atoms in total. The first-order valence-electron chi connectivity index (χ1n) is 5.16. The number of aromatic nitrogens is 2. The number of ether oxygens (including phenoxy) is 1. The molecule has 2 heterocycles. The molecule has 0 aliphatic rings. The van der Waals surface area contributed by atoms with Crippen molar-refractivity contribution in [1.29, 1.82) is 0 Å². The van der Waals surface area contributed by atoms with Gasteiger partial charge in [0.1, 0.15) is 0 Å². The molecule has 0 radical (unpaired) electrons. The van der Waals surface area contributed by atoms with Crippen LogP contribution in [0.15, 0.2) is 41.5 Å². The summed E-state index contributed by atoms with van der Waals surface area (Å²) in [5, 5.41) is 8.78. The van der Waals surface area contributed by atoms with Crippen LogP contribution in [-0.4, -0.2) is 27.0 Å². The van der Waals surface area contributed by atoms with E-state index in [1.165, 1.54) is 24.5 Å². The van der Waals surface area contributed by atoms with Crippen LogP contribution >= 0.6 is 0 Å². The second-order valence-electron chi connectivity index (χ2n) is 3.52. The Morgan fingerprint density at radius 2 is 2.00 bits per heavy atom. The second-order valence-corrected chi connectivity index (χ2v) is 3.52. The summed E-state index contributed by atoms with van der Waals surface area (Å²) in [5.41, 5.74) is -0.448. The van der Waals surface area contributed by atoms with Crippen molar-refractivity contribution in [3.05, 3.63) is 58.1 Å². The molecule has 0 fully saturated rings. The highest BCUT2D eigenvalue weighted by Crippen LogP contribution is 2.11. The smallest absolute Gasteiger partial charge is 0.345 e. The summed E-state index contributed by atoms with van der Waals surface area (Å²) >= 11 is 0. The first-order valence-corrected chi connectivity index (χ1v) is 5.16. The third-order valence-corrected chi connectivity index (χ3v) is 2.19. The predicted molar refractivity (Wildman–Crippen MR) is 63.2 cm³/mol. The molecule has 2 N–H and O–H groups in total. The molecular weight excluding hydrogens is 252 g/mol. The van der Waals surface area contributed by atoms with Gasteiger partial charge in [0.15, 0.2) is 0 Å². The van der Waals surface area contributed by atoms with E-state index in [-0.39, 0.29) is 17.0 Å². The summed E-state index contributed by atoms with van der Waals surface area (Å²) in [4.78, 5) is 39.5. The van der Waals surface area contributed by atoms with Gasteiger partial charge in [-0.05, 0) is 12.1 Å². The summed E-state index contributed by atoms with van der Waals surface area (Å²) in [6.45, 7) is 0. The largest absolute Gasteiger partial charge is 0.478 e. The Morgan fingerprint density at radius 1 is 1.21 bits per heavy atom. The van der Waals surface area contributed by atoms with Crippen molar-refractivity contribution in [3.63, 3.8) is 0 Å². The molecule has 0 aliphatic heterocycles. The van der Waals surface area contributed by atoms with Gasteiger partial charge in [-0.1, -0.05) is 0 Å². The van der Waals surface area contributed by atoms with E-state index in [2.05, 4.69) is 9.97 Å². The number of carboxylic acids is 1. The van der Waals surface area contributed by atoms with Crippen molar-refractivity contribution >= 4 is 11.9 Å². The van der Waals surface area contributed by atoms with Gasteiger partial charge >= 0.3 is 11.9 Å². The van der Waals surface area contributed by atoms with E-state index in [0.29, 0.717) is 0 Å². The van der Waals surface area contributed by atoms with Crippen molar-refractivity contribution in [2.45, 2.75) is 0 Å². The zero-order chi connectivity index (χ0) is 13.8. The Morgan fingerprint density at radius 3 is 2.68 bits per heavy atom. The Bertz CT molecular complexity index is 692. The number of carbonyl (C=O) groups is 2. The first kappa shape index (κ1) is 12.5. The summed E-state index contributed by atoms with van der Waals surface area (Å²) < 4.78 is 4.88. The van der Waals surface area contributed by atoms with E-state index in [9.17, 15) is 14.4 Å². The van der Waals surface area contributed by atoms with Crippen LogP contribution in [0.2, 0.25) is 0 Å². The van der Waals surface area contributed by atoms with Gasteiger partial charge in [-0.3, -0.25) is 4.79 Å². The van der Waals surface area contributed by atoms with Crippen LogP contribution < -0.4 is 10.3 Å². The lowest BCUT2D eigenvalue weighted by atomic mass is 10.2. The van der Waals surface area contributed by atoms with Gasteiger partial charge < -0.3 is 14.8 Å². The Kier molecular flexibility index (Phi) is 3.37. The molecule has 7 heteroatoms. The van der Waals surface area contributed by atoms with Crippen molar-refractivity contribution in [1.82, 2.24) is 9.97 Å². The van der Waals surface area contributed by atoms with Crippen molar-refractivity contribution in [2.75, 3.05) is 0 Å². The number of nitrogens with zero attached hydrogens (tertiary/aromatic N) is 1. The number of rotatable bonds is 3. The molecule has 96 valence electrons. The Balaban J connectivity index is 2.22. The van der Waals surface area contributed by atoms with Gasteiger partial charge in [-0.25, -0.2) is 14.6 Å². The van der Waals surface area contributed by atoms with Crippen LogP contribution in [0.1, 0.15) is 20.7 Å². The first-order chi connectivity index (χ1) is 9.06. The average Bonchev–Trinajstić information content (AvgIpc) is 2.39. The molecule has 2 aromatic heterocycles. The van der Waals surface area contributed by atoms with E-state index in [1.807, 2.05) is 0 Å². The number of nitrogens with one attached hydrogen (secondary N) is 1. The van der Waals surface area contributed by atoms with Gasteiger partial charge in [0.05, 0.1) is 11.1 Å². The number of carbonyl (C=O) groups excluding carboxylic acids is 1. The maximum absolute atomic E-state index is 11.7. The minimum absolute atomic E-state index is 0.0475. The van der Waals surface area contributed by atoms with Gasteiger partial charge in [-0.15, -0.1) is 0 Å². The van der Waals surface area contributed by atoms with Crippen molar-refractivity contribution < 1.29 is 19.4 Å². The van der Waals surface area contributed by atoms with E-state index in [1.54, 1.807) is 0 Å². The highest BCUT2D eigenvalue weighted by molar-refractivity contribution is 5.91. The normalized spacial score (nSPS) is 9.89. The van der Waals surface area contributed by atoms with Crippen LogP contribution in [-0.2, 0) is 0 Å². The fraction of sp³-hybridized carbons (Fsp3) is 0. The molecule has 2 aromatic rings. The van der Waals surface area contributed by atoms with Gasteiger partial charge in [0.2, 0.25) is 11.4 Å². The number of hydrogen-bond donors (Lipinski definition) is 2. The molecule has 0 spiro atoms. The third-order valence-electron chi connectivity index (χ3n) is 2.19. The molecule has 0 aromatic carbocycles. The lowest BCUT2D eigenvalue weighted by Gasteiger charge is -2.03. The molecular formula is C12H8N2O5. The zero-order valence-electron chi connectivity index (χ0n) is 9.49. The minimum Gasteiger partial charge on any atom is -0.478 e. The number of pyridine rings is 2. The van der Waals surface area contributed by atoms with Gasteiger partial charge in [0.25, 0.3) is 0 Å². The number of aromatic carboxylic acids is 1. The van der Waals surface area contributed by atoms with E-state index in [0.717, 1.165) is 12.1 Å². The maximum Gasteiger partial charge on any atom is 0.345 e. The number of aromatic amines is 1. The monoisotopic (exact) mass is 260 g/mol. The van der Waals surface area contributed by atoms with Crippen LogP contribution in [0, 0.1) is 0 Å². The highest BCUT2D eigenvalue weighted by Gasteiger charge is 2.11. The lowest BCUT2D eigenvalue weighted by Crippen LogP contribution is -2.14. The van der Waals surface area contributed by atoms with Crippen LogP contribution in [0.3, 0.4) is 0 Å². The van der Waals surface area contributed by atoms with E-state index >= 15 is 0 Å². The Hall–Kier alpha value is -2.96. The second kappa shape index (κ2) is 5.13. The summed E-state index contributed by atoms with van der Waals surface area (Å²) in [5.74, 6) is -2.10. The van der Waals surface area contributed by atoms with Crippen LogP contribution in [0.5, 0.6) is 5.88 Å². The number of H-pyrrole nitrogens is 1. The fourth-order valence-electron chi connectivity index (χ4n) is 1.32. The van der Waals surface area contributed by atoms with Crippen LogP contribution in [0.25, 0.3) is 0 Å². The molecule has 0 bridgehead atoms. The standard InChI is InChI=1S/C12H8N2O5/c15-9-5-8(2-3-13-9)12(18)19-10-6-7(11(16)17)1-4-14-10/h1-6H,(H,13,15)(H,16,17). The fourth-order valence-corrected chi connectivity index (χ4v) is 1.32. The molecule has 0 atom stereocenters. The molecule has 19 heavy (non-hydrogen) atoms. The van der Waals surface area contributed by atoms with Gasteiger partial charge in [0, 0.05) is 24.5 Å². The number of esters is 1. The van der Waals surface area contributed by atoms with Crippen molar-refractivity contribution in [2.24, 2.45) is 0 Å². The third kappa shape index (κ3) is 3.03.